The average Bonchev–Trinajstić information content (AvgIpc) is 2.67. The zero-order valence-corrected chi connectivity index (χ0v) is 11.5. The van der Waals surface area contributed by atoms with E-state index in [9.17, 15) is 8.42 Å². The SMILES string of the molecule is Cc1nc2ccc(S(=O)(=O)C(C)(C)CN)cc2[nH]1. The maximum atomic E-state index is 12.4. The summed E-state index contributed by atoms with van der Waals surface area (Å²) in [5, 5.41) is 0. The number of nitrogens with zero attached hydrogens (tertiary/aromatic N) is 1. The first kappa shape index (κ1) is 13.0. The summed E-state index contributed by atoms with van der Waals surface area (Å²) in [6.45, 7) is 5.17. The number of nitrogens with two attached hydrogens (primary N) is 1. The Bertz CT molecular complexity index is 686. The Morgan fingerprint density at radius 3 is 2.67 bits per heavy atom. The van der Waals surface area contributed by atoms with Gasteiger partial charge in [-0.05, 0) is 39.0 Å². The standard InChI is InChI=1S/C12H17N3O2S/c1-8-14-10-5-4-9(6-11(10)15-8)18(16,17)12(2,3)7-13/h4-6H,7,13H2,1-3H3,(H,14,15). The lowest BCUT2D eigenvalue weighted by atomic mass is 10.2. The van der Waals surface area contributed by atoms with Crippen LogP contribution in [0.2, 0.25) is 0 Å². The van der Waals surface area contributed by atoms with Gasteiger partial charge >= 0.3 is 0 Å². The van der Waals surface area contributed by atoms with E-state index >= 15 is 0 Å². The van der Waals surface area contributed by atoms with Gasteiger partial charge in [0.15, 0.2) is 9.84 Å². The molecule has 2 aromatic rings. The van der Waals surface area contributed by atoms with Gasteiger partial charge in [0.25, 0.3) is 0 Å². The maximum absolute atomic E-state index is 12.4. The molecule has 2 rings (SSSR count). The summed E-state index contributed by atoms with van der Waals surface area (Å²) >= 11 is 0. The van der Waals surface area contributed by atoms with E-state index in [4.69, 9.17) is 5.73 Å². The minimum absolute atomic E-state index is 0.0787. The summed E-state index contributed by atoms with van der Waals surface area (Å²) < 4.78 is 23.9. The Morgan fingerprint density at radius 2 is 2.06 bits per heavy atom. The second-order valence-corrected chi connectivity index (χ2v) is 7.55. The summed E-state index contributed by atoms with van der Waals surface area (Å²) in [4.78, 5) is 7.55. The minimum Gasteiger partial charge on any atom is -0.342 e. The molecule has 5 nitrogen and oxygen atoms in total. The van der Waals surface area contributed by atoms with Crippen LogP contribution in [0.3, 0.4) is 0 Å². The van der Waals surface area contributed by atoms with Crippen molar-refractivity contribution < 1.29 is 8.42 Å². The predicted octanol–water partition coefficient (Wildman–Crippen LogP) is 1.38. The van der Waals surface area contributed by atoms with Gasteiger partial charge < -0.3 is 10.7 Å². The summed E-state index contributed by atoms with van der Waals surface area (Å²) in [6, 6.07) is 4.90. The van der Waals surface area contributed by atoms with Crippen LogP contribution in [0.15, 0.2) is 23.1 Å². The molecule has 0 radical (unpaired) electrons. The number of fused-ring (bicyclic) bond motifs is 1. The van der Waals surface area contributed by atoms with Crippen molar-refractivity contribution >= 4 is 20.9 Å². The fourth-order valence-corrected chi connectivity index (χ4v) is 3.09. The molecule has 0 bridgehead atoms. The van der Waals surface area contributed by atoms with E-state index in [1.165, 1.54) is 0 Å². The first-order chi connectivity index (χ1) is 8.28. The third kappa shape index (κ3) is 1.91. The number of imidazole rings is 1. The van der Waals surface area contributed by atoms with Crippen LogP contribution in [0, 0.1) is 6.92 Å². The van der Waals surface area contributed by atoms with E-state index in [0.717, 1.165) is 16.9 Å². The van der Waals surface area contributed by atoms with Gasteiger partial charge in [-0.3, -0.25) is 0 Å². The third-order valence-electron chi connectivity index (χ3n) is 3.10. The molecule has 18 heavy (non-hydrogen) atoms. The van der Waals surface area contributed by atoms with Gasteiger partial charge in [-0.25, -0.2) is 13.4 Å². The van der Waals surface area contributed by atoms with Crippen LogP contribution in [0.25, 0.3) is 11.0 Å². The topological polar surface area (TPSA) is 88.8 Å². The molecule has 1 heterocycles. The Kier molecular flexibility index (Phi) is 2.95. The van der Waals surface area contributed by atoms with Crippen molar-refractivity contribution in [1.82, 2.24) is 9.97 Å². The fraction of sp³-hybridized carbons (Fsp3) is 0.417. The monoisotopic (exact) mass is 267 g/mol. The van der Waals surface area contributed by atoms with Gasteiger partial charge in [0.05, 0.1) is 20.7 Å². The normalized spacial score (nSPS) is 13.1. The number of hydrogen-bond acceptors (Lipinski definition) is 4. The van der Waals surface area contributed by atoms with E-state index in [1.54, 1.807) is 32.0 Å². The first-order valence-corrected chi connectivity index (χ1v) is 7.17. The molecule has 6 heteroatoms. The van der Waals surface area contributed by atoms with Gasteiger partial charge in [-0.2, -0.15) is 0 Å². The van der Waals surface area contributed by atoms with Crippen molar-refractivity contribution in [1.29, 1.82) is 0 Å². The number of rotatable bonds is 3. The van der Waals surface area contributed by atoms with Gasteiger partial charge in [0, 0.05) is 6.54 Å². The maximum Gasteiger partial charge on any atom is 0.184 e. The number of H-pyrrole nitrogens is 1. The predicted molar refractivity (Wildman–Crippen MR) is 71.1 cm³/mol. The summed E-state index contributed by atoms with van der Waals surface area (Å²) in [7, 11) is -3.44. The van der Waals surface area contributed by atoms with E-state index in [1.807, 2.05) is 6.92 Å². The van der Waals surface area contributed by atoms with Gasteiger partial charge in [-0.15, -0.1) is 0 Å². The number of aromatic amines is 1. The van der Waals surface area contributed by atoms with Crippen molar-refractivity contribution in [3.8, 4) is 0 Å². The van der Waals surface area contributed by atoms with Gasteiger partial charge in [-0.1, -0.05) is 0 Å². The molecule has 0 spiro atoms. The van der Waals surface area contributed by atoms with E-state index < -0.39 is 14.6 Å². The smallest absolute Gasteiger partial charge is 0.184 e. The van der Waals surface area contributed by atoms with Crippen molar-refractivity contribution in [3.05, 3.63) is 24.0 Å². The van der Waals surface area contributed by atoms with Crippen molar-refractivity contribution in [2.75, 3.05) is 6.54 Å². The van der Waals surface area contributed by atoms with Gasteiger partial charge in [0.2, 0.25) is 0 Å². The summed E-state index contributed by atoms with van der Waals surface area (Å²) in [5.41, 5.74) is 7.03. The lowest BCUT2D eigenvalue weighted by Gasteiger charge is -2.22. The molecule has 0 aliphatic carbocycles. The number of nitrogens with one attached hydrogen (secondary N) is 1. The highest BCUT2D eigenvalue weighted by Gasteiger charge is 2.34. The molecule has 1 aromatic carbocycles. The highest BCUT2D eigenvalue weighted by molar-refractivity contribution is 7.92. The van der Waals surface area contributed by atoms with E-state index in [2.05, 4.69) is 9.97 Å². The highest BCUT2D eigenvalue weighted by Crippen LogP contribution is 2.26. The third-order valence-corrected chi connectivity index (χ3v) is 5.60. The number of hydrogen-bond donors (Lipinski definition) is 2. The summed E-state index contributed by atoms with van der Waals surface area (Å²) in [5.74, 6) is 0.762. The molecule has 0 atom stereocenters. The molecule has 0 fully saturated rings. The van der Waals surface area contributed by atoms with Crippen LogP contribution in [-0.2, 0) is 9.84 Å². The van der Waals surface area contributed by atoms with Crippen LogP contribution < -0.4 is 5.73 Å². The molecule has 0 saturated carbocycles. The van der Waals surface area contributed by atoms with Crippen LogP contribution in [0.1, 0.15) is 19.7 Å². The molecular formula is C12H17N3O2S. The Morgan fingerprint density at radius 1 is 1.39 bits per heavy atom. The number of benzene rings is 1. The Labute approximate surface area is 106 Å². The zero-order valence-electron chi connectivity index (χ0n) is 10.7. The van der Waals surface area contributed by atoms with Gasteiger partial charge in [0.1, 0.15) is 5.82 Å². The molecule has 98 valence electrons. The largest absolute Gasteiger partial charge is 0.342 e. The molecule has 0 unspecified atom stereocenters. The minimum atomic E-state index is -3.44. The molecule has 0 aliphatic heterocycles. The molecule has 0 saturated heterocycles. The second-order valence-electron chi connectivity index (χ2n) is 4.97. The zero-order chi connectivity index (χ0) is 13.6. The second kappa shape index (κ2) is 4.07. The number of aryl methyl sites for hydroxylation is 1. The summed E-state index contributed by atoms with van der Waals surface area (Å²) in [6.07, 6.45) is 0. The molecule has 0 amide bonds. The van der Waals surface area contributed by atoms with Crippen LogP contribution >= 0.6 is 0 Å². The number of sulfone groups is 1. The number of aromatic nitrogens is 2. The Balaban J connectivity index is 2.61. The van der Waals surface area contributed by atoms with Crippen LogP contribution in [0.4, 0.5) is 0 Å². The van der Waals surface area contributed by atoms with Crippen LogP contribution in [-0.4, -0.2) is 29.7 Å². The first-order valence-electron chi connectivity index (χ1n) is 5.69. The van der Waals surface area contributed by atoms with Crippen molar-refractivity contribution in [3.63, 3.8) is 0 Å². The highest BCUT2D eigenvalue weighted by atomic mass is 32.2. The lowest BCUT2D eigenvalue weighted by Crippen LogP contribution is -2.39. The van der Waals surface area contributed by atoms with E-state index in [0.29, 0.717) is 0 Å². The van der Waals surface area contributed by atoms with Crippen molar-refractivity contribution in [2.45, 2.75) is 30.4 Å². The lowest BCUT2D eigenvalue weighted by molar-refractivity contribution is 0.549. The molecule has 3 N–H and O–H groups in total. The van der Waals surface area contributed by atoms with E-state index in [-0.39, 0.29) is 11.4 Å². The molecule has 0 aliphatic rings. The fourth-order valence-electron chi connectivity index (χ4n) is 1.71. The van der Waals surface area contributed by atoms with Crippen LogP contribution in [0.5, 0.6) is 0 Å². The molecule has 1 aromatic heterocycles. The quantitative estimate of drug-likeness (QED) is 0.879. The van der Waals surface area contributed by atoms with Crippen molar-refractivity contribution in [2.24, 2.45) is 5.73 Å². The average molecular weight is 267 g/mol. The Hall–Kier alpha value is -1.40. The molecular weight excluding hydrogens is 250 g/mol.